The number of nitrogens with zero attached hydrogens (tertiary/aromatic N) is 2. The second kappa shape index (κ2) is 10.1. The molecule has 0 spiro atoms. The van der Waals surface area contributed by atoms with Crippen molar-refractivity contribution in [3.8, 4) is 0 Å². The molecule has 6 heteroatoms. The number of rotatable bonds is 7. The van der Waals surface area contributed by atoms with Gasteiger partial charge in [-0.1, -0.05) is 59.6 Å². The molecule has 3 rings (SSSR count). The van der Waals surface area contributed by atoms with Gasteiger partial charge in [-0.05, 0) is 24.1 Å². The van der Waals surface area contributed by atoms with E-state index in [1.807, 2.05) is 36.4 Å². The summed E-state index contributed by atoms with van der Waals surface area (Å²) in [7, 11) is 0. The van der Waals surface area contributed by atoms with Crippen molar-refractivity contribution in [2.45, 2.75) is 13.0 Å². The van der Waals surface area contributed by atoms with Gasteiger partial charge in [-0.3, -0.25) is 14.6 Å². The molecule has 4 nitrogen and oxygen atoms in total. The molecule has 2 aromatic carbocycles. The lowest BCUT2D eigenvalue weighted by Gasteiger charge is -2.34. The first-order valence-electron chi connectivity index (χ1n) is 9.30. The summed E-state index contributed by atoms with van der Waals surface area (Å²) in [5.41, 5.74) is 2.22. The zero-order chi connectivity index (χ0) is 19.1. The van der Waals surface area contributed by atoms with Crippen LogP contribution in [0.4, 0.5) is 0 Å². The van der Waals surface area contributed by atoms with E-state index >= 15 is 0 Å². The van der Waals surface area contributed by atoms with Crippen LogP contribution in [0, 0.1) is 0 Å². The van der Waals surface area contributed by atoms with Crippen molar-refractivity contribution in [2.24, 2.45) is 0 Å². The third-order valence-electron chi connectivity index (χ3n) is 4.85. The van der Waals surface area contributed by atoms with Gasteiger partial charge in [0.25, 0.3) is 0 Å². The van der Waals surface area contributed by atoms with Gasteiger partial charge in [0, 0.05) is 54.9 Å². The number of carbonyl (C=O) groups excluding carboxylic acids is 1. The van der Waals surface area contributed by atoms with Gasteiger partial charge in [-0.25, -0.2) is 0 Å². The van der Waals surface area contributed by atoms with Crippen LogP contribution in [0.3, 0.4) is 0 Å². The Morgan fingerprint density at radius 1 is 0.889 bits per heavy atom. The minimum Gasteiger partial charge on any atom is -0.355 e. The van der Waals surface area contributed by atoms with Gasteiger partial charge in [0.2, 0.25) is 5.91 Å². The third kappa shape index (κ3) is 6.22. The normalized spacial score (nSPS) is 15.6. The van der Waals surface area contributed by atoms with Crippen molar-refractivity contribution in [2.75, 3.05) is 39.3 Å². The summed E-state index contributed by atoms with van der Waals surface area (Å²) in [4.78, 5) is 16.7. The average Bonchev–Trinajstić information content (AvgIpc) is 2.67. The van der Waals surface area contributed by atoms with E-state index in [4.69, 9.17) is 23.2 Å². The lowest BCUT2D eigenvalue weighted by atomic mass is 10.1. The first-order valence-corrected chi connectivity index (χ1v) is 10.1. The van der Waals surface area contributed by atoms with Gasteiger partial charge < -0.3 is 5.32 Å². The van der Waals surface area contributed by atoms with Crippen LogP contribution in [0.2, 0.25) is 10.0 Å². The van der Waals surface area contributed by atoms with Crippen LogP contribution in [0.15, 0.2) is 48.5 Å². The fourth-order valence-electron chi connectivity index (χ4n) is 3.26. The van der Waals surface area contributed by atoms with E-state index in [1.54, 1.807) is 0 Å². The predicted molar refractivity (Wildman–Crippen MR) is 111 cm³/mol. The highest BCUT2D eigenvalue weighted by atomic mass is 35.5. The van der Waals surface area contributed by atoms with Gasteiger partial charge in [0.1, 0.15) is 0 Å². The summed E-state index contributed by atoms with van der Waals surface area (Å²) in [6.45, 7) is 5.42. The zero-order valence-electron chi connectivity index (χ0n) is 15.3. The van der Waals surface area contributed by atoms with Crippen LogP contribution in [0.5, 0.6) is 0 Å². The Morgan fingerprint density at radius 3 is 2.19 bits per heavy atom. The molecule has 27 heavy (non-hydrogen) atoms. The first kappa shape index (κ1) is 20.2. The summed E-state index contributed by atoms with van der Waals surface area (Å²) in [5, 5.41) is 4.44. The molecule has 1 aliphatic heterocycles. The maximum atomic E-state index is 12.2. The zero-order valence-corrected chi connectivity index (χ0v) is 16.8. The molecule has 1 fully saturated rings. The van der Waals surface area contributed by atoms with Crippen LogP contribution >= 0.6 is 23.2 Å². The Hall–Kier alpha value is -1.59. The fraction of sp³-hybridized carbons (Fsp3) is 0.381. The van der Waals surface area contributed by atoms with Crippen molar-refractivity contribution in [3.05, 3.63) is 69.7 Å². The van der Waals surface area contributed by atoms with E-state index in [0.717, 1.165) is 44.7 Å². The van der Waals surface area contributed by atoms with Crippen LogP contribution in [0.1, 0.15) is 11.1 Å². The van der Waals surface area contributed by atoms with E-state index in [0.29, 0.717) is 23.1 Å². The van der Waals surface area contributed by atoms with Crippen LogP contribution < -0.4 is 5.32 Å². The maximum Gasteiger partial charge on any atom is 0.234 e. The molecular weight excluding hydrogens is 381 g/mol. The topological polar surface area (TPSA) is 35.6 Å². The highest BCUT2D eigenvalue weighted by Crippen LogP contribution is 2.26. The average molecular weight is 406 g/mol. The summed E-state index contributed by atoms with van der Waals surface area (Å²) >= 11 is 12.5. The Balaban J connectivity index is 1.37. The van der Waals surface area contributed by atoms with Gasteiger partial charge in [0.15, 0.2) is 0 Å². The summed E-state index contributed by atoms with van der Waals surface area (Å²) in [6.07, 6.45) is 0.860. The number of nitrogens with one attached hydrogen (secondary N) is 1. The van der Waals surface area contributed by atoms with Crippen molar-refractivity contribution in [1.82, 2.24) is 15.1 Å². The van der Waals surface area contributed by atoms with Gasteiger partial charge in [0.05, 0.1) is 6.54 Å². The first-order chi connectivity index (χ1) is 13.1. The molecule has 1 heterocycles. The standard InChI is InChI=1S/C21H25Cl2N3O/c22-19-7-4-8-20(23)18(19)15-25-11-13-26(14-12-25)16-21(27)24-10-9-17-5-2-1-3-6-17/h1-8H,9-16H2,(H,24,27). The lowest BCUT2D eigenvalue weighted by Crippen LogP contribution is -2.49. The third-order valence-corrected chi connectivity index (χ3v) is 5.56. The summed E-state index contributed by atoms with van der Waals surface area (Å²) in [5.74, 6) is 0.0912. The minimum absolute atomic E-state index is 0.0912. The number of hydrogen-bond acceptors (Lipinski definition) is 3. The Labute approximate surface area is 171 Å². The highest BCUT2D eigenvalue weighted by Gasteiger charge is 2.20. The smallest absolute Gasteiger partial charge is 0.234 e. The van der Waals surface area contributed by atoms with E-state index in [-0.39, 0.29) is 5.91 Å². The quantitative estimate of drug-likeness (QED) is 0.765. The SMILES string of the molecule is O=C(CN1CCN(Cc2c(Cl)cccc2Cl)CC1)NCCc1ccccc1. The number of benzene rings is 2. The van der Waals surface area contributed by atoms with Crippen LogP contribution in [-0.2, 0) is 17.8 Å². The predicted octanol–water partition coefficient (Wildman–Crippen LogP) is 3.47. The molecule has 144 valence electrons. The number of hydrogen-bond donors (Lipinski definition) is 1. The molecule has 2 aromatic rings. The van der Waals surface area contributed by atoms with Gasteiger partial charge in [-0.15, -0.1) is 0 Å². The van der Waals surface area contributed by atoms with E-state index < -0.39 is 0 Å². The van der Waals surface area contributed by atoms with Gasteiger partial charge in [-0.2, -0.15) is 0 Å². The Kier molecular flexibility index (Phi) is 7.53. The molecule has 0 unspecified atom stereocenters. The Bertz CT molecular complexity index is 726. The van der Waals surface area contributed by atoms with Crippen molar-refractivity contribution < 1.29 is 4.79 Å². The monoisotopic (exact) mass is 405 g/mol. The fourth-order valence-corrected chi connectivity index (χ4v) is 3.78. The molecule has 1 saturated heterocycles. The van der Waals surface area contributed by atoms with Crippen molar-refractivity contribution in [1.29, 1.82) is 0 Å². The summed E-state index contributed by atoms with van der Waals surface area (Å²) < 4.78 is 0. The number of carbonyl (C=O) groups is 1. The lowest BCUT2D eigenvalue weighted by molar-refractivity contribution is -0.122. The highest BCUT2D eigenvalue weighted by molar-refractivity contribution is 6.35. The molecule has 1 amide bonds. The van der Waals surface area contributed by atoms with E-state index in [1.165, 1.54) is 5.56 Å². The second-order valence-electron chi connectivity index (χ2n) is 6.84. The molecule has 1 aliphatic rings. The van der Waals surface area contributed by atoms with Crippen LogP contribution in [-0.4, -0.2) is 55.0 Å². The maximum absolute atomic E-state index is 12.2. The molecular formula is C21H25Cl2N3O. The van der Waals surface area contributed by atoms with Crippen molar-refractivity contribution in [3.63, 3.8) is 0 Å². The molecule has 0 aliphatic carbocycles. The largest absolute Gasteiger partial charge is 0.355 e. The molecule has 0 aromatic heterocycles. The number of piperazine rings is 1. The van der Waals surface area contributed by atoms with E-state index in [9.17, 15) is 4.79 Å². The number of amides is 1. The molecule has 0 atom stereocenters. The molecule has 0 bridgehead atoms. The minimum atomic E-state index is 0.0912. The van der Waals surface area contributed by atoms with Crippen molar-refractivity contribution >= 4 is 29.1 Å². The molecule has 1 N–H and O–H groups in total. The summed E-state index contributed by atoms with van der Waals surface area (Å²) in [6, 6.07) is 15.8. The molecule has 0 radical (unpaired) electrons. The van der Waals surface area contributed by atoms with Gasteiger partial charge >= 0.3 is 0 Å². The van der Waals surface area contributed by atoms with Crippen LogP contribution in [0.25, 0.3) is 0 Å². The van der Waals surface area contributed by atoms with E-state index in [2.05, 4.69) is 27.2 Å². The Morgan fingerprint density at radius 2 is 1.52 bits per heavy atom. The number of halogens is 2. The molecule has 0 saturated carbocycles. The second-order valence-corrected chi connectivity index (χ2v) is 7.65.